The van der Waals surface area contributed by atoms with Crippen molar-refractivity contribution < 1.29 is 19.1 Å². The lowest BCUT2D eigenvalue weighted by Gasteiger charge is -2.24. The van der Waals surface area contributed by atoms with Gasteiger partial charge in [-0.2, -0.15) is 0 Å². The van der Waals surface area contributed by atoms with Gasteiger partial charge in [-0.1, -0.05) is 38.5 Å². The van der Waals surface area contributed by atoms with Crippen LogP contribution in [0.5, 0.6) is 5.75 Å². The molecule has 1 N–H and O–H groups in total. The van der Waals surface area contributed by atoms with Crippen molar-refractivity contribution in [3.05, 3.63) is 62.7 Å². The SMILES string of the molecule is CCC(C)C(c1cc(Br)c(OCC(=O)O)c(Br)c1)c1coc2ccccc12. The summed E-state index contributed by atoms with van der Waals surface area (Å²) in [5, 5.41) is 9.98. The van der Waals surface area contributed by atoms with Gasteiger partial charge in [-0.25, -0.2) is 4.79 Å². The highest BCUT2D eigenvalue weighted by Gasteiger charge is 2.26. The summed E-state index contributed by atoms with van der Waals surface area (Å²) in [6.45, 7) is 4.01. The van der Waals surface area contributed by atoms with Gasteiger partial charge >= 0.3 is 5.97 Å². The van der Waals surface area contributed by atoms with Crippen LogP contribution in [-0.4, -0.2) is 17.7 Å². The molecule has 4 nitrogen and oxygen atoms in total. The van der Waals surface area contributed by atoms with Crippen molar-refractivity contribution in [2.24, 2.45) is 5.92 Å². The summed E-state index contributed by atoms with van der Waals surface area (Å²) < 4.78 is 12.6. The Morgan fingerprint density at radius 1 is 1.22 bits per heavy atom. The number of fused-ring (bicyclic) bond motifs is 1. The molecule has 0 radical (unpaired) electrons. The molecule has 0 spiro atoms. The second-order valence-corrected chi connectivity index (χ2v) is 8.26. The lowest BCUT2D eigenvalue weighted by atomic mass is 9.80. The number of rotatable bonds is 7. The minimum atomic E-state index is -1.01. The first-order valence-electron chi connectivity index (χ1n) is 8.72. The Morgan fingerprint density at radius 3 is 2.52 bits per heavy atom. The molecule has 0 amide bonds. The quantitative estimate of drug-likeness (QED) is 0.401. The first-order chi connectivity index (χ1) is 12.9. The lowest BCUT2D eigenvalue weighted by molar-refractivity contribution is -0.139. The highest BCUT2D eigenvalue weighted by Crippen LogP contribution is 2.43. The zero-order valence-electron chi connectivity index (χ0n) is 15.0. The zero-order chi connectivity index (χ0) is 19.6. The van der Waals surface area contributed by atoms with Gasteiger partial charge in [-0.3, -0.25) is 0 Å². The molecule has 3 rings (SSSR count). The summed E-state index contributed by atoms with van der Waals surface area (Å²) in [6, 6.07) is 12.0. The molecule has 142 valence electrons. The molecule has 0 aliphatic rings. The highest BCUT2D eigenvalue weighted by molar-refractivity contribution is 9.11. The molecule has 3 aromatic rings. The van der Waals surface area contributed by atoms with E-state index in [0.29, 0.717) is 20.6 Å². The Balaban J connectivity index is 2.07. The number of benzene rings is 2. The van der Waals surface area contributed by atoms with E-state index in [1.807, 2.05) is 36.6 Å². The lowest BCUT2D eigenvalue weighted by Crippen LogP contribution is -2.12. The fourth-order valence-corrected chi connectivity index (χ4v) is 4.77. The molecule has 2 unspecified atom stereocenters. The van der Waals surface area contributed by atoms with Crippen LogP contribution in [0.15, 0.2) is 56.0 Å². The monoisotopic (exact) mass is 494 g/mol. The fraction of sp³-hybridized carbons (Fsp3) is 0.286. The number of carboxylic acid groups (broad SMARTS) is 1. The van der Waals surface area contributed by atoms with Gasteiger partial charge in [0.1, 0.15) is 11.3 Å². The Morgan fingerprint density at radius 2 is 1.89 bits per heavy atom. The second-order valence-electron chi connectivity index (χ2n) is 6.55. The van der Waals surface area contributed by atoms with Gasteiger partial charge in [0.05, 0.1) is 15.2 Å². The normalized spacial score (nSPS) is 13.5. The number of halogens is 2. The summed E-state index contributed by atoms with van der Waals surface area (Å²) in [5.74, 6) is -0.00306. The topological polar surface area (TPSA) is 59.7 Å². The second kappa shape index (κ2) is 8.48. The van der Waals surface area contributed by atoms with Crippen molar-refractivity contribution in [3.63, 3.8) is 0 Å². The number of aliphatic carboxylic acids is 1. The summed E-state index contributed by atoms with van der Waals surface area (Å²) >= 11 is 7.06. The molecule has 1 heterocycles. The summed E-state index contributed by atoms with van der Waals surface area (Å²) in [5.41, 5.74) is 3.13. The maximum Gasteiger partial charge on any atom is 0.341 e. The van der Waals surface area contributed by atoms with Crippen molar-refractivity contribution in [3.8, 4) is 5.75 Å². The molecule has 6 heteroatoms. The molecular formula is C21H20Br2O4. The van der Waals surface area contributed by atoms with E-state index < -0.39 is 12.6 Å². The largest absolute Gasteiger partial charge is 0.480 e. The van der Waals surface area contributed by atoms with E-state index in [1.165, 1.54) is 0 Å². The van der Waals surface area contributed by atoms with Gasteiger partial charge in [0.2, 0.25) is 0 Å². The number of ether oxygens (including phenoxy) is 1. The van der Waals surface area contributed by atoms with Gasteiger partial charge in [0.15, 0.2) is 6.61 Å². The van der Waals surface area contributed by atoms with Crippen LogP contribution in [0.2, 0.25) is 0 Å². The van der Waals surface area contributed by atoms with E-state index in [2.05, 4.69) is 51.8 Å². The molecule has 27 heavy (non-hydrogen) atoms. The van der Waals surface area contributed by atoms with Gasteiger partial charge in [-0.15, -0.1) is 0 Å². The standard InChI is InChI=1S/C21H20Br2O4/c1-3-12(2)20(15-10-26-18-7-5-4-6-14(15)18)13-8-16(22)21(17(23)9-13)27-11-19(24)25/h4-10,12,20H,3,11H2,1-2H3,(H,24,25). The Kier molecular flexibility index (Phi) is 6.27. The number of hydrogen-bond acceptors (Lipinski definition) is 3. The molecule has 0 aliphatic carbocycles. The van der Waals surface area contributed by atoms with Crippen LogP contribution < -0.4 is 4.74 Å². The third-order valence-electron chi connectivity index (χ3n) is 4.78. The Bertz CT molecular complexity index is 941. The van der Waals surface area contributed by atoms with Gasteiger partial charge in [0, 0.05) is 16.9 Å². The van der Waals surface area contributed by atoms with E-state index >= 15 is 0 Å². The Hall–Kier alpha value is -1.79. The van der Waals surface area contributed by atoms with Crippen LogP contribution in [0.3, 0.4) is 0 Å². The third-order valence-corrected chi connectivity index (χ3v) is 5.96. The van der Waals surface area contributed by atoms with Crippen molar-refractivity contribution in [2.75, 3.05) is 6.61 Å². The van der Waals surface area contributed by atoms with E-state index in [1.54, 1.807) is 0 Å². The highest BCUT2D eigenvalue weighted by atomic mass is 79.9. The van der Waals surface area contributed by atoms with Crippen molar-refractivity contribution in [2.45, 2.75) is 26.2 Å². The smallest absolute Gasteiger partial charge is 0.341 e. The average molecular weight is 496 g/mol. The van der Waals surface area contributed by atoms with Gasteiger partial charge in [-0.05, 0) is 61.5 Å². The van der Waals surface area contributed by atoms with Crippen LogP contribution in [-0.2, 0) is 4.79 Å². The predicted molar refractivity (Wildman–Crippen MR) is 112 cm³/mol. The van der Waals surface area contributed by atoms with Crippen molar-refractivity contribution in [1.29, 1.82) is 0 Å². The Labute approximate surface area is 174 Å². The average Bonchev–Trinajstić information content (AvgIpc) is 3.05. The summed E-state index contributed by atoms with van der Waals surface area (Å²) in [7, 11) is 0. The number of para-hydroxylation sites is 1. The van der Waals surface area contributed by atoms with Crippen molar-refractivity contribution >= 4 is 48.8 Å². The molecule has 0 fully saturated rings. The van der Waals surface area contributed by atoms with E-state index in [0.717, 1.165) is 28.5 Å². The maximum atomic E-state index is 10.8. The third kappa shape index (κ3) is 4.22. The van der Waals surface area contributed by atoms with Crippen LogP contribution in [0.1, 0.15) is 37.3 Å². The van der Waals surface area contributed by atoms with Crippen LogP contribution in [0.4, 0.5) is 0 Å². The molecule has 0 saturated heterocycles. The first kappa shape index (κ1) is 20.0. The predicted octanol–water partition coefficient (Wildman–Crippen LogP) is 6.60. The molecule has 0 aliphatic heterocycles. The minimum absolute atomic E-state index is 0.139. The van der Waals surface area contributed by atoms with Crippen LogP contribution >= 0.6 is 31.9 Å². The number of carbonyl (C=O) groups is 1. The van der Waals surface area contributed by atoms with Crippen LogP contribution in [0, 0.1) is 5.92 Å². The van der Waals surface area contributed by atoms with E-state index in [9.17, 15) is 4.79 Å². The minimum Gasteiger partial charge on any atom is -0.480 e. The molecule has 2 aromatic carbocycles. The molecule has 2 atom stereocenters. The van der Waals surface area contributed by atoms with Crippen LogP contribution in [0.25, 0.3) is 11.0 Å². The molecule has 0 bridgehead atoms. The maximum absolute atomic E-state index is 10.8. The molecule has 1 aromatic heterocycles. The van der Waals surface area contributed by atoms with E-state index in [4.69, 9.17) is 14.3 Å². The summed E-state index contributed by atoms with van der Waals surface area (Å²) in [6.07, 6.45) is 2.86. The fourth-order valence-electron chi connectivity index (χ4n) is 3.32. The van der Waals surface area contributed by atoms with E-state index in [-0.39, 0.29) is 5.92 Å². The zero-order valence-corrected chi connectivity index (χ0v) is 18.2. The van der Waals surface area contributed by atoms with Crippen molar-refractivity contribution in [1.82, 2.24) is 0 Å². The van der Waals surface area contributed by atoms with Gasteiger partial charge < -0.3 is 14.3 Å². The van der Waals surface area contributed by atoms with Gasteiger partial charge in [0.25, 0.3) is 0 Å². The molecule has 0 saturated carbocycles. The first-order valence-corrected chi connectivity index (χ1v) is 10.3. The number of carboxylic acids is 1. The molecular weight excluding hydrogens is 476 g/mol. The summed E-state index contributed by atoms with van der Waals surface area (Å²) in [4.78, 5) is 10.8. The number of furan rings is 1. The number of hydrogen-bond donors (Lipinski definition) is 1.